The molecule has 0 atom stereocenters. The van der Waals surface area contributed by atoms with Gasteiger partial charge in [-0.05, 0) is 12.5 Å². The summed E-state index contributed by atoms with van der Waals surface area (Å²) in [5, 5.41) is 10.7. The van der Waals surface area contributed by atoms with Gasteiger partial charge in [0, 0.05) is 6.07 Å². The van der Waals surface area contributed by atoms with Gasteiger partial charge < -0.3 is 0 Å². The van der Waals surface area contributed by atoms with Crippen LogP contribution in [0.3, 0.4) is 0 Å². The van der Waals surface area contributed by atoms with Crippen LogP contribution in [0, 0.1) is 10.1 Å². The van der Waals surface area contributed by atoms with E-state index in [1.807, 2.05) is 18.2 Å². The summed E-state index contributed by atoms with van der Waals surface area (Å²) in [5.74, 6) is 0. The zero-order valence-electron chi connectivity index (χ0n) is 8.85. The van der Waals surface area contributed by atoms with Crippen LogP contribution in [0.4, 0.5) is 5.69 Å². The molecule has 0 spiro atoms. The predicted octanol–water partition coefficient (Wildman–Crippen LogP) is 3.80. The average Bonchev–Trinajstić information content (AvgIpc) is 2.25. The molecule has 0 aliphatic rings. The Balaban J connectivity index is 2.75. The zero-order chi connectivity index (χ0) is 11.1. The molecule has 0 bridgehead atoms. The van der Waals surface area contributed by atoms with Gasteiger partial charge in [-0.1, -0.05) is 44.1 Å². The van der Waals surface area contributed by atoms with E-state index in [4.69, 9.17) is 0 Å². The van der Waals surface area contributed by atoms with Gasteiger partial charge in [0.05, 0.1) is 10.5 Å². The Morgan fingerprint density at radius 2 is 2.13 bits per heavy atom. The number of para-hydroxylation sites is 1. The van der Waals surface area contributed by atoms with Gasteiger partial charge in [-0.25, -0.2) is 0 Å². The van der Waals surface area contributed by atoms with Crippen molar-refractivity contribution in [1.29, 1.82) is 0 Å². The number of unbranched alkanes of at least 4 members (excludes halogenated alkanes) is 2. The molecule has 0 amide bonds. The smallest absolute Gasteiger partial charge is 0.258 e. The second-order valence-corrected chi connectivity index (χ2v) is 3.36. The molecule has 3 nitrogen and oxygen atoms in total. The number of allylic oxidation sites excluding steroid dienone is 1. The highest BCUT2D eigenvalue weighted by molar-refractivity contribution is 5.60. The summed E-state index contributed by atoms with van der Waals surface area (Å²) in [5.41, 5.74) is 0.851. The summed E-state index contributed by atoms with van der Waals surface area (Å²) in [6.07, 6.45) is 7.06. The largest absolute Gasteiger partial charge is 0.276 e. The molecule has 1 rings (SSSR count). The highest BCUT2D eigenvalue weighted by atomic mass is 16.6. The number of rotatable bonds is 5. The highest BCUT2D eigenvalue weighted by Gasteiger charge is 2.08. The molecule has 0 heterocycles. The minimum Gasteiger partial charge on any atom is -0.258 e. The van der Waals surface area contributed by atoms with E-state index in [0.29, 0.717) is 5.56 Å². The van der Waals surface area contributed by atoms with Crippen molar-refractivity contribution in [3.8, 4) is 0 Å². The standard InChI is InChI=1S/C12H15NO2/c1-2-3-4-5-8-11-9-6-7-10-12(11)13(14)15/h5-10H,2-4H2,1H3. The van der Waals surface area contributed by atoms with Crippen molar-refractivity contribution in [3.63, 3.8) is 0 Å². The molecule has 0 radical (unpaired) electrons. The molecule has 0 saturated carbocycles. The van der Waals surface area contributed by atoms with E-state index >= 15 is 0 Å². The summed E-state index contributed by atoms with van der Waals surface area (Å²) in [7, 11) is 0. The third-order valence-corrected chi connectivity index (χ3v) is 2.16. The van der Waals surface area contributed by atoms with Crippen molar-refractivity contribution in [2.45, 2.75) is 26.2 Å². The lowest BCUT2D eigenvalue weighted by Gasteiger charge is -1.96. The van der Waals surface area contributed by atoms with Gasteiger partial charge >= 0.3 is 0 Å². The Hall–Kier alpha value is -1.64. The maximum atomic E-state index is 10.7. The highest BCUT2D eigenvalue weighted by Crippen LogP contribution is 2.19. The maximum absolute atomic E-state index is 10.7. The summed E-state index contributed by atoms with van der Waals surface area (Å²) in [4.78, 5) is 10.3. The molecule has 0 N–H and O–H groups in total. The fourth-order valence-electron chi connectivity index (χ4n) is 1.33. The van der Waals surface area contributed by atoms with Gasteiger partial charge in [-0.2, -0.15) is 0 Å². The molecule has 0 aliphatic heterocycles. The fraction of sp³-hybridized carbons (Fsp3) is 0.333. The van der Waals surface area contributed by atoms with E-state index in [1.54, 1.807) is 12.1 Å². The number of hydrogen-bond acceptors (Lipinski definition) is 2. The molecule has 3 heteroatoms. The monoisotopic (exact) mass is 205 g/mol. The number of benzene rings is 1. The van der Waals surface area contributed by atoms with Gasteiger partial charge in [0.25, 0.3) is 5.69 Å². The van der Waals surface area contributed by atoms with E-state index in [9.17, 15) is 10.1 Å². The van der Waals surface area contributed by atoms with Crippen molar-refractivity contribution in [2.75, 3.05) is 0 Å². The van der Waals surface area contributed by atoms with E-state index in [0.717, 1.165) is 19.3 Å². The van der Waals surface area contributed by atoms with Crippen LogP contribution < -0.4 is 0 Å². The second-order valence-electron chi connectivity index (χ2n) is 3.36. The molecule has 1 aromatic rings. The van der Waals surface area contributed by atoms with E-state index in [1.165, 1.54) is 6.07 Å². The topological polar surface area (TPSA) is 43.1 Å². The Morgan fingerprint density at radius 3 is 2.80 bits per heavy atom. The lowest BCUT2D eigenvalue weighted by Crippen LogP contribution is -1.90. The van der Waals surface area contributed by atoms with Crippen molar-refractivity contribution in [1.82, 2.24) is 0 Å². The molecule has 0 aliphatic carbocycles. The van der Waals surface area contributed by atoms with Crippen LogP contribution in [0.2, 0.25) is 0 Å². The first kappa shape index (κ1) is 11.4. The average molecular weight is 205 g/mol. The van der Waals surface area contributed by atoms with Gasteiger partial charge in [0.15, 0.2) is 0 Å². The van der Waals surface area contributed by atoms with E-state index < -0.39 is 0 Å². The molecule has 0 saturated heterocycles. The normalized spacial score (nSPS) is 10.7. The van der Waals surface area contributed by atoms with Crippen molar-refractivity contribution in [2.24, 2.45) is 0 Å². The summed E-state index contributed by atoms with van der Waals surface area (Å²) in [6.45, 7) is 2.12. The summed E-state index contributed by atoms with van der Waals surface area (Å²) >= 11 is 0. The molecule has 0 fully saturated rings. The Labute approximate surface area is 89.6 Å². The van der Waals surface area contributed by atoms with Crippen LogP contribution in [0.15, 0.2) is 30.3 Å². The van der Waals surface area contributed by atoms with Gasteiger partial charge in [-0.15, -0.1) is 0 Å². The van der Waals surface area contributed by atoms with Crippen LogP contribution >= 0.6 is 0 Å². The molecular formula is C12H15NO2. The van der Waals surface area contributed by atoms with Crippen molar-refractivity contribution >= 4 is 11.8 Å². The number of nitro groups is 1. The lowest BCUT2D eigenvalue weighted by atomic mass is 10.1. The summed E-state index contributed by atoms with van der Waals surface area (Å²) in [6, 6.07) is 6.79. The lowest BCUT2D eigenvalue weighted by molar-refractivity contribution is -0.385. The number of nitrogens with zero attached hydrogens (tertiary/aromatic N) is 1. The molecule has 0 unspecified atom stereocenters. The number of nitro benzene ring substituents is 1. The first-order valence-electron chi connectivity index (χ1n) is 5.15. The summed E-state index contributed by atoms with van der Waals surface area (Å²) < 4.78 is 0. The SMILES string of the molecule is CCCCC=Cc1ccccc1[N+](=O)[O-]. The van der Waals surface area contributed by atoms with Crippen LogP contribution in [0.5, 0.6) is 0 Å². The minimum absolute atomic E-state index is 0.172. The van der Waals surface area contributed by atoms with Gasteiger partial charge in [0.1, 0.15) is 0 Å². The van der Waals surface area contributed by atoms with Gasteiger partial charge in [-0.3, -0.25) is 10.1 Å². The Morgan fingerprint density at radius 1 is 1.40 bits per heavy atom. The molecule has 15 heavy (non-hydrogen) atoms. The minimum atomic E-state index is -0.348. The molecule has 1 aromatic carbocycles. The maximum Gasteiger partial charge on any atom is 0.276 e. The molecule has 80 valence electrons. The molecular weight excluding hydrogens is 190 g/mol. The molecule has 0 aromatic heterocycles. The van der Waals surface area contributed by atoms with E-state index in [2.05, 4.69) is 6.92 Å². The van der Waals surface area contributed by atoms with Crippen LogP contribution in [0.1, 0.15) is 31.7 Å². The predicted molar refractivity (Wildman–Crippen MR) is 61.7 cm³/mol. The second kappa shape index (κ2) is 5.96. The first-order chi connectivity index (χ1) is 7.25. The van der Waals surface area contributed by atoms with Gasteiger partial charge in [0.2, 0.25) is 0 Å². The first-order valence-corrected chi connectivity index (χ1v) is 5.15. The van der Waals surface area contributed by atoms with Crippen molar-refractivity contribution < 1.29 is 4.92 Å². The van der Waals surface area contributed by atoms with E-state index in [-0.39, 0.29) is 10.6 Å². The van der Waals surface area contributed by atoms with Crippen LogP contribution in [-0.2, 0) is 0 Å². The number of hydrogen-bond donors (Lipinski definition) is 0. The zero-order valence-corrected chi connectivity index (χ0v) is 8.85. The Kier molecular flexibility index (Phi) is 4.54. The fourth-order valence-corrected chi connectivity index (χ4v) is 1.33. The van der Waals surface area contributed by atoms with Crippen LogP contribution in [-0.4, -0.2) is 4.92 Å². The van der Waals surface area contributed by atoms with Crippen molar-refractivity contribution in [3.05, 3.63) is 46.0 Å². The Bertz CT molecular complexity index is 358. The van der Waals surface area contributed by atoms with Crippen LogP contribution in [0.25, 0.3) is 6.08 Å². The quantitative estimate of drug-likeness (QED) is 0.417. The third kappa shape index (κ3) is 3.54. The third-order valence-electron chi connectivity index (χ3n) is 2.16.